The second-order valence-corrected chi connectivity index (χ2v) is 7.38. The Morgan fingerprint density at radius 1 is 1.21 bits per heavy atom. The van der Waals surface area contributed by atoms with Crippen LogP contribution in [0.3, 0.4) is 0 Å². The first-order valence-corrected chi connectivity index (χ1v) is 10.5. The van der Waals surface area contributed by atoms with Crippen LogP contribution in [0.4, 0.5) is 17.6 Å². The first kappa shape index (κ1) is 25.0. The Labute approximate surface area is 199 Å². The van der Waals surface area contributed by atoms with Crippen molar-refractivity contribution in [2.24, 2.45) is 0 Å². The number of benzene rings is 1. The molecule has 10 heteroatoms. The number of ether oxygens (including phenoxy) is 1. The number of nitrogens with one attached hydrogen (secondary N) is 1. The predicted octanol–water partition coefficient (Wildman–Crippen LogP) is 6.42. The lowest BCUT2D eigenvalue weighted by Crippen LogP contribution is -2.19. The van der Waals surface area contributed by atoms with E-state index in [-0.39, 0.29) is 35.3 Å². The minimum Gasteiger partial charge on any atom is -0.455 e. The average molecular weight is 493 g/mol. The van der Waals surface area contributed by atoms with E-state index in [0.717, 1.165) is 17.0 Å². The molecule has 5 nitrogen and oxygen atoms in total. The van der Waals surface area contributed by atoms with Gasteiger partial charge in [0, 0.05) is 42.7 Å². The van der Waals surface area contributed by atoms with Crippen molar-refractivity contribution < 1.29 is 22.3 Å². The molecule has 0 aliphatic carbocycles. The molecule has 34 heavy (non-hydrogen) atoms. The highest BCUT2D eigenvalue weighted by molar-refractivity contribution is 6.29. The fourth-order valence-corrected chi connectivity index (χ4v) is 3.23. The van der Waals surface area contributed by atoms with Crippen LogP contribution in [0.2, 0.25) is 5.15 Å². The standard InChI is InChI=1S/C24H21ClF4N4O/c1-3-17(13-20(26)16(2)34-19-9-11-31-22(25)14-19)30-12-10-21-23(24(27,28)29)33(15-32-21)18-7-5-4-6-8-18/h3-9,11,13-15,30H,2,10,12H2,1H3/b17-3+,20-13+. The lowest BCUT2D eigenvalue weighted by atomic mass is 10.2. The zero-order valence-corrected chi connectivity index (χ0v) is 18.9. The third-order valence-electron chi connectivity index (χ3n) is 4.64. The van der Waals surface area contributed by atoms with E-state index in [1.807, 2.05) is 0 Å². The molecule has 0 aliphatic heterocycles. The molecule has 1 aromatic carbocycles. The average Bonchev–Trinajstić information content (AvgIpc) is 3.23. The van der Waals surface area contributed by atoms with Gasteiger partial charge in [-0.2, -0.15) is 13.2 Å². The van der Waals surface area contributed by atoms with Crippen LogP contribution in [0.25, 0.3) is 5.69 Å². The Morgan fingerprint density at radius 3 is 2.59 bits per heavy atom. The molecule has 3 aromatic rings. The number of aromatic nitrogens is 3. The normalized spacial score (nSPS) is 12.5. The van der Waals surface area contributed by atoms with E-state index in [1.165, 1.54) is 18.3 Å². The van der Waals surface area contributed by atoms with Gasteiger partial charge >= 0.3 is 6.18 Å². The molecule has 0 unspecified atom stereocenters. The number of allylic oxidation sites excluding steroid dienone is 3. The summed E-state index contributed by atoms with van der Waals surface area (Å²) >= 11 is 5.77. The SMILES string of the molecule is C=C(Oc1ccnc(Cl)c1)/C(F)=C\C(=C/C)NCCc1ncn(-c2ccccc2)c1C(F)(F)F. The van der Waals surface area contributed by atoms with Crippen molar-refractivity contribution in [3.63, 3.8) is 0 Å². The highest BCUT2D eigenvalue weighted by atomic mass is 35.5. The summed E-state index contributed by atoms with van der Waals surface area (Å²) in [7, 11) is 0. The van der Waals surface area contributed by atoms with Crippen LogP contribution < -0.4 is 10.1 Å². The Balaban J connectivity index is 1.67. The molecule has 1 N–H and O–H groups in total. The van der Waals surface area contributed by atoms with Crippen molar-refractivity contribution in [2.45, 2.75) is 19.5 Å². The molecular weight excluding hydrogens is 472 g/mol. The monoisotopic (exact) mass is 492 g/mol. The maximum absolute atomic E-state index is 14.5. The number of pyridine rings is 1. The van der Waals surface area contributed by atoms with Gasteiger partial charge in [-0.15, -0.1) is 0 Å². The fourth-order valence-electron chi connectivity index (χ4n) is 3.07. The maximum Gasteiger partial charge on any atom is 0.433 e. The molecule has 3 rings (SSSR count). The Bertz CT molecular complexity index is 1200. The zero-order valence-electron chi connectivity index (χ0n) is 18.1. The van der Waals surface area contributed by atoms with E-state index >= 15 is 0 Å². The second-order valence-electron chi connectivity index (χ2n) is 7.00. The molecule has 178 valence electrons. The number of para-hydroxylation sites is 1. The lowest BCUT2D eigenvalue weighted by Gasteiger charge is -2.14. The molecule has 0 aliphatic rings. The number of hydrogen-bond acceptors (Lipinski definition) is 4. The molecule has 0 spiro atoms. The third-order valence-corrected chi connectivity index (χ3v) is 4.84. The van der Waals surface area contributed by atoms with E-state index < -0.39 is 17.7 Å². The van der Waals surface area contributed by atoms with Gasteiger partial charge in [0.15, 0.2) is 17.3 Å². The van der Waals surface area contributed by atoms with E-state index in [9.17, 15) is 17.6 Å². The smallest absolute Gasteiger partial charge is 0.433 e. The number of alkyl halides is 3. The van der Waals surface area contributed by atoms with Crippen molar-refractivity contribution in [1.29, 1.82) is 0 Å². The lowest BCUT2D eigenvalue weighted by molar-refractivity contribution is -0.143. The molecule has 0 fully saturated rings. The van der Waals surface area contributed by atoms with Gasteiger partial charge in [0.1, 0.15) is 10.9 Å². The summed E-state index contributed by atoms with van der Waals surface area (Å²) in [5.74, 6) is -0.764. The highest BCUT2D eigenvalue weighted by Gasteiger charge is 2.38. The van der Waals surface area contributed by atoms with Crippen LogP contribution in [-0.2, 0) is 12.6 Å². The Hall–Kier alpha value is -3.59. The number of imidazole rings is 1. The van der Waals surface area contributed by atoms with Crippen LogP contribution in [0, 0.1) is 0 Å². The van der Waals surface area contributed by atoms with Gasteiger partial charge < -0.3 is 10.1 Å². The van der Waals surface area contributed by atoms with Gasteiger partial charge in [-0.05, 0) is 25.1 Å². The molecule has 2 heterocycles. The Morgan fingerprint density at radius 2 is 1.94 bits per heavy atom. The van der Waals surface area contributed by atoms with E-state index in [0.29, 0.717) is 11.4 Å². The van der Waals surface area contributed by atoms with Crippen LogP contribution in [0.5, 0.6) is 5.75 Å². The predicted molar refractivity (Wildman–Crippen MR) is 122 cm³/mol. The number of hydrogen-bond donors (Lipinski definition) is 1. The van der Waals surface area contributed by atoms with Crippen molar-refractivity contribution in [3.8, 4) is 11.4 Å². The topological polar surface area (TPSA) is 52.0 Å². The molecule has 0 bridgehead atoms. The van der Waals surface area contributed by atoms with Crippen LogP contribution >= 0.6 is 11.6 Å². The molecule has 0 radical (unpaired) electrons. The van der Waals surface area contributed by atoms with Crippen LogP contribution in [0.15, 0.2) is 91.0 Å². The molecular formula is C24H21ClF4N4O. The van der Waals surface area contributed by atoms with Gasteiger partial charge in [-0.25, -0.2) is 14.4 Å². The van der Waals surface area contributed by atoms with Gasteiger partial charge in [0.05, 0.1) is 12.0 Å². The third kappa shape index (κ3) is 6.48. The molecule has 0 saturated carbocycles. The summed E-state index contributed by atoms with van der Waals surface area (Å²) in [6.45, 7) is 5.29. The Kier molecular flexibility index (Phi) is 8.12. The minimum atomic E-state index is -4.60. The minimum absolute atomic E-state index is 0.0333. The van der Waals surface area contributed by atoms with E-state index in [4.69, 9.17) is 16.3 Å². The van der Waals surface area contributed by atoms with E-state index in [2.05, 4.69) is 21.9 Å². The highest BCUT2D eigenvalue weighted by Crippen LogP contribution is 2.33. The van der Waals surface area contributed by atoms with Gasteiger partial charge in [-0.3, -0.25) is 4.57 Å². The summed E-state index contributed by atoms with van der Waals surface area (Å²) in [5, 5.41) is 3.08. The van der Waals surface area contributed by atoms with Crippen LogP contribution in [-0.4, -0.2) is 21.1 Å². The molecule has 0 atom stereocenters. The summed E-state index contributed by atoms with van der Waals surface area (Å²) in [5.41, 5.74) is -0.270. The number of halogens is 5. The zero-order chi connectivity index (χ0) is 24.7. The summed E-state index contributed by atoms with van der Waals surface area (Å²) in [6, 6.07) is 11.1. The second kappa shape index (κ2) is 11.0. The van der Waals surface area contributed by atoms with Crippen molar-refractivity contribution >= 4 is 11.6 Å². The van der Waals surface area contributed by atoms with Gasteiger partial charge in [0.25, 0.3) is 0 Å². The molecule has 0 amide bonds. The van der Waals surface area contributed by atoms with Gasteiger partial charge in [0.2, 0.25) is 0 Å². The fraction of sp³-hybridized carbons (Fsp3) is 0.167. The summed E-state index contributed by atoms with van der Waals surface area (Å²) in [6.07, 6.45) is 0.633. The summed E-state index contributed by atoms with van der Waals surface area (Å²) < 4.78 is 62.1. The van der Waals surface area contributed by atoms with Crippen molar-refractivity contribution in [3.05, 3.63) is 108 Å². The number of nitrogens with zero attached hydrogens (tertiary/aromatic N) is 3. The quantitative estimate of drug-likeness (QED) is 0.162. The molecule has 2 aromatic heterocycles. The first-order chi connectivity index (χ1) is 16.2. The van der Waals surface area contributed by atoms with Crippen LogP contribution in [0.1, 0.15) is 18.3 Å². The van der Waals surface area contributed by atoms with Gasteiger partial charge in [-0.1, -0.05) is 42.5 Å². The largest absolute Gasteiger partial charge is 0.455 e. The van der Waals surface area contributed by atoms with Crippen molar-refractivity contribution in [1.82, 2.24) is 19.9 Å². The number of rotatable bonds is 9. The first-order valence-electron chi connectivity index (χ1n) is 10.1. The summed E-state index contributed by atoms with van der Waals surface area (Å²) in [4.78, 5) is 7.77. The molecule has 0 saturated heterocycles. The van der Waals surface area contributed by atoms with E-state index in [1.54, 1.807) is 43.3 Å². The maximum atomic E-state index is 14.5. The van der Waals surface area contributed by atoms with Crippen molar-refractivity contribution in [2.75, 3.05) is 6.54 Å².